The normalized spacial score (nSPS) is 12.7. The summed E-state index contributed by atoms with van der Waals surface area (Å²) < 4.78 is 15.2. The van der Waals surface area contributed by atoms with Crippen LogP contribution in [0.4, 0.5) is 4.39 Å². The Morgan fingerprint density at radius 2 is 2.10 bits per heavy atom. The van der Waals surface area contributed by atoms with Crippen LogP contribution in [0.25, 0.3) is 5.69 Å². The van der Waals surface area contributed by atoms with Crippen LogP contribution < -0.4 is 5.32 Å². The number of benzene rings is 1. The molecule has 20 heavy (non-hydrogen) atoms. The zero-order valence-electron chi connectivity index (χ0n) is 12.6. The van der Waals surface area contributed by atoms with Crippen molar-refractivity contribution in [2.45, 2.75) is 27.2 Å². The van der Waals surface area contributed by atoms with Crippen LogP contribution >= 0.6 is 0 Å². The number of aromatic nitrogens is 2. The Kier molecular flexibility index (Phi) is 4.55. The van der Waals surface area contributed by atoms with Gasteiger partial charge in [0.1, 0.15) is 5.82 Å². The monoisotopic (exact) mass is 275 g/mol. The quantitative estimate of drug-likeness (QED) is 0.909. The molecule has 1 N–H and O–H groups in total. The fourth-order valence-corrected chi connectivity index (χ4v) is 2.60. The maximum atomic E-state index is 13.4. The molecule has 1 heterocycles. The van der Waals surface area contributed by atoms with Gasteiger partial charge in [-0.15, -0.1) is 0 Å². The zero-order valence-corrected chi connectivity index (χ0v) is 12.6. The van der Waals surface area contributed by atoms with E-state index in [1.807, 2.05) is 31.6 Å². The highest BCUT2D eigenvalue weighted by atomic mass is 19.1. The zero-order chi connectivity index (χ0) is 14.7. The third kappa shape index (κ3) is 3.07. The molecule has 4 heteroatoms. The molecule has 0 saturated carbocycles. The van der Waals surface area contributed by atoms with E-state index in [1.165, 1.54) is 17.7 Å². The van der Waals surface area contributed by atoms with Gasteiger partial charge in [-0.25, -0.2) is 9.07 Å². The second-order valence-corrected chi connectivity index (χ2v) is 5.41. The first-order valence-corrected chi connectivity index (χ1v) is 6.98. The van der Waals surface area contributed by atoms with Crippen LogP contribution in [0.2, 0.25) is 0 Å². The number of rotatable bonds is 5. The van der Waals surface area contributed by atoms with Crippen LogP contribution in [0.3, 0.4) is 0 Å². The molecule has 1 aromatic carbocycles. The molecule has 0 aliphatic carbocycles. The summed E-state index contributed by atoms with van der Waals surface area (Å²) in [4.78, 5) is 0. The maximum absolute atomic E-state index is 13.4. The highest BCUT2D eigenvalue weighted by molar-refractivity contribution is 5.37. The standard InChI is InChI=1S/C16H22FN3/c1-11(10-18-4)8-16-12(2)19-20(13(16)3)15-7-5-6-14(17)9-15/h5-7,9,11,18H,8,10H2,1-4H3. The Hall–Kier alpha value is -1.68. The first-order chi connectivity index (χ1) is 9.52. The minimum absolute atomic E-state index is 0.236. The Morgan fingerprint density at radius 1 is 1.35 bits per heavy atom. The molecule has 0 spiro atoms. The maximum Gasteiger partial charge on any atom is 0.125 e. The number of hydrogen-bond donors (Lipinski definition) is 1. The van der Waals surface area contributed by atoms with E-state index in [1.54, 1.807) is 6.07 Å². The number of nitrogens with zero attached hydrogens (tertiary/aromatic N) is 2. The van der Waals surface area contributed by atoms with Crippen LogP contribution in [0.1, 0.15) is 23.9 Å². The van der Waals surface area contributed by atoms with Crippen molar-refractivity contribution < 1.29 is 4.39 Å². The van der Waals surface area contributed by atoms with Crippen molar-refractivity contribution in [1.82, 2.24) is 15.1 Å². The van der Waals surface area contributed by atoms with E-state index in [0.717, 1.165) is 30.0 Å². The van der Waals surface area contributed by atoms with Gasteiger partial charge in [0, 0.05) is 5.69 Å². The predicted octanol–water partition coefficient (Wildman–Crippen LogP) is 3.03. The number of halogens is 1. The van der Waals surface area contributed by atoms with Crippen LogP contribution in [0, 0.1) is 25.6 Å². The summed E-state index contributed by atoms with van der Waals surface area (Å²) in [7, 11) is 1.96. The molecular formula is C16H22FN3. The van der Waals surface area contributed by atoms with Crippen LogP contribution in [-0.4, -0.2) is 23.4 Å². The van der Waals surface area contributed by atoms with Crippen molar-refractivity contribution in [3.8, 4) is 5.69 Å². The fourth-order valence-electron chi connectivity index (χ4n) is 2.60. The molecule has 2 rings (SSSR count). The van der Waals surface area contributed by atoms with Crippen molar-refractivity contribution in [2.75, 3.05) is 13.6 Å². The van der Waals surface area contributed by atoms with E-state index in [4.69, 9.17) is 0 Å². The summed E-state index contributed by atoms with van der Waals surface area (Å²) in [6.07, 6.45) is 0.980. The first-order valence-electron chi connectivity index (χ1n) is 6.98. The molecule has 0 saturated heterocycles. The summed E-state index contributed by atoms with van der Waals surface area (Å²) in [6, 6.07) is 6.55. The van der Waals surface area contributed by atoms with Gasteiger partial charge in [-0.05, 0) is 63.5 Å². The van der Waals surface area contributed by atoms with E-state index in [9.17, 15) is 4.39 Å². The summed E-state index contributed by atoms with van der Waals surface area (Å²) in [5, 5.41) is 7.76. The Bertz CT molecular complexity index is 589. The lowest BCUT2D eigenvalue weighted by molar-refractivity contribution is 0.539. The molecule has 0 radical (unpaired) electrons. The lowest BCUT2D eigenvalue weighted by atomic mass is 9.99. The SMILES string of the molecule is CNCC(C)Cc1c(C)nn(-c2cccc(F)c2)c1C. The van der Waals surface area contributed by atoms with Crippen molar-refractivity contribution in [3.63, 3.8) is 0 Å². The minimum atomic E-state index is -0.236. The van der Waals surface area contributed by atoms with Gasteiger partial charge < -0.3 is 5.32 Å². The second-order valence-electron chi connectivity index (χ2n) is 5.41. The number of nitrogens with one attached hydrogen (secondary N) is 1. The molecule has 2 aromatic rings. The Balaban J connectivity index is 2.33. The molecule has 0 aliphatic rings. The van der Waals surface area contributed by atoms with Gasteiger partial charge in [-0.2, -0.15) is 5.10 Å². The third-order valence-corrected chi connectivity index (χ3v) is 3.60. The summed E-state index contributed by atoms with van der Waals surface area (Å²) in [5.41, 5.74) is 4.15. The molecule has 0 amide bonds. The van der Waals surface area contributed by atoms with Gasteiger partial charge in [0.05, 0.1) is 11.4 Å². The minimum Gasteiger partial charge on any atom is -0.319 e. The van der Waals surface area contributed by atoms with Crippen molar-refractivity contribution in [2.24, 2.45) is 5.92 Å². The third-order valence-electron chi connectivity index (χ3n) is 3.60. The highest BCUT2D eigenvalue weighted by Gasteiger charge is 2.15. The molecule has 0 fully saturated rings. The van der Waals surface area contributed by atoms with Crippen molar-refractivity contribution in [1.29, 1.82) is 0 Å². The van der Waals surface area contributed by atoms with Gasteiger partial charge in [0.15, 0.2) is 0 Å². The predicted molar refractivity (Wildman–Crippen MR) is 79.8 cm³/mol. The molecule has 1 unspecified atom stereocenters. The molecule has 1 atom stereocenters. The first kappa shape index (κ1) is 14.7. The highest BCUT2D eigenvalue weighted by Crippen LogP contribution is 2.21. The summed E-state index contributed by atoms with van der Waals surface area (Å²) in [5.74, 6) is 0.308. The average Bonchev–Trinajstić information content (AvgIpc) is 2.67. The average molecular weight is 275 g/mol. The van der Waals surface area contributed by atoms with Gasteiger partial charge in [-0.3, -0.25) is 0 Å². The van der Waals surface area contributed by atoms with Crippen molar-refractivity contribution in [3.05, 3.63) is 47.0 Å². The second kappa shape index (κ2) is 6.18. The molecule has 0 aliphatic heterocycles. The summed E-state index contributed by atoms with van der Waals surface area (Å²) >= 11 is 0. The van der Waals surface area contributed by atoms with Gasteiger partial charge in [0.2, 0.25) is 0 Å². The van der Waals surface area contributed by atoms with E-state index in [-0.39, 0.29) is 5.82 Å². The molecule has 1 aromatic heterocycles. The number of hydrogen-bond acceptors (Lipinski definition) is 2. The van der Waals surface area contributed by atoms with E-state index in [0.29, 0.717) is 5.92 Å². The van der Waals surface area contributed by atoms with Gasteiger partial charge in [0.25, 0.3) is 0 Å². The van der Waals surface area contributed by atoms with E-state index < -0.39 is 0 Å². The van der Waals surface area contributed by atoms with E-state index in [2.05, 4.69) is 17.3 Å². The van der Waals surface area contributed by atoms with Crippen LogP contribution in [-0.2, 0) is 6.42 Å². The lowest BCUT2D eigenvalue weighted by Gasteiger charge is -2.11. The van der Waals surface area contributed by atoms with Crippen molar-refractivity contribution >= 4 is 0 Å². The molecule has 108 valence electrons. The number of aryl methyl sites for hydroxylation is 1. The van der Waals surface area contributed by atoms with Crippen LogP contribution in [0.5, 0.6) is 0 Å². The molecule has 3 nitrogen and oxygen atoms in total. The van der Waals surface area contributed by atoms with E-state index >= 15 is 0 Å². The molecule has 0 bridgehead atoms. The van der Waals surface area contributed by atoms with Gasteiger partial charge >= 0.3 is 0 Å². The topological polar surface area (TPSA) is 29.9 Å². The summed E-state index contributed by atoms with van der Waals surface area (Å²) in [6.45, 7) is 7.26. The molecular weight excluding hydrogens is 253 g/mol. The fraction of sp³-hybridized carbons (Fsp3) is 0.438. The largest absolute Gasteiger partial charge is 0.319 e. The Labute approximate surface area is 119 Å². The lowest BCUT2D eigenvalue weighted by Crippen LogP contribution is -2.18. The van der Waals surface area contributed by atoms with Crippen LogP contribution in [0.15, 0.2) is 24.3 Å². The smallest absolute Gasteiger partial charge is 0.125 e. The Morgan fingerprint density at radius 3 is 2.75 bits per heavy atom. The van der Waals surface area contributed by atoms with Gasteiger partial charge in [-0.1, -0.05) is 13.0 Å².